The molecule has 0 aliphatic rings. The van der Waals surface area contributed by atoms with Gasteiger partial charge in [-0.2, -0.15) is 0 Å². The molecule has 5 nitrogen and oxygen atoms in total. The molecule has 0 saturated heterocycles. The second-order valence-corrected chi connectivity index (χ2v) is 4.31. The fourth-order valence-electron chi connectivity index (χ4n) is 1.94. The maximum atomic E-state index is 11.1. The summed E-state index contributed by atoms with van der Waals surface area (Å²) in [6.07, 6.45) is 1.45. The van der Waals surface area contributed by atoms with Crippen LogP contribution in [0.15, 0.2) is 36.5 Å². The number of benzene rings is 1. The van der Waals surface area contributed by atoms with Crippen LogP contribution < -0.4 is 0 Å². The zero-order valence-corrected chi connectivity index (χ0v) is 10.2. The normalized spacial score (nSPS) is 10.8. The molecule has 1 aromatic carbocycles. The highest BCUT2D eigenvalue weighted by Gasteiger charge is 2.13. The van der Waals surface area contributed by atoms with Crippen molar-refractivity contribution in [1.29, 1.82) is 0 Å². The third-order valence-corrected chi connectivity index (χ3v) is 2.95. The minimum atomic E-state index is -0.994. The first-order valence-corrected chi connectivity index (χ1v) is 5.80. The van der Waals surface area contributed by atoms with E-state index in [-0.39, 0.29) is 5.56 Å². The van der Waals surface area contributed by atoms with E-state index >= 15 is 0 Å². The molecular formula is C14H11N3O2. The van der Waals surface area contributed by atoms with Gasteiger partial charge in [0.2, 0.25) is 0 Å². The number of hydrogen-bond acceptors (Lipinski definition) is 3. The summed E-state index contributed by atoms with van der Waals surface area (Å²) in [5.41, 5.74) is 3.10. The summed E-state index contributed by atoms with van der Waals surface area (Å²) >= 11 is 0. The highest BCUT2D eigenvalue weighted by atomic mass is 16.4. The molecule has 3 rings (SSSR count). The van der Waals surface area contributed by atoms with Gasteiger partial charge in [-0.25, -0.2) is 14.8 Å². The van der Waals surface area contributed by atoms with Crippen LogP contribution in [0.5, 0.6) is 0 Å². The maximum absolute atomic E-state index is 11.1. The lowest BCUT2D eigenvalue weighted by atomic mass is 10.1. The lowest BCUT2D eigenvalue weighted by Gasteiger charge is -1.97. The molecule has 2 aromatic heterocycles. The van der Waals surface area contributed by atoms with Gasteiger partial charge in [0.05, 0.1) is 11.1 Å². The molecule has 0 saturated carbocycles. The number of nitrogens with zero attached hydrogens (tertiary/aromatic N) is 2. The quantitative estimate of drug-likeness (QED) is 0.735. The molecule has 0 radical (unpaired) electrons. The molecule has 5 heteroatoms. The highest BCUT2D eigenvalue weighted by Crippen LogP contribution is 2.21. The smallest absolute Gasteiger partial charge is 0.338 e. The summed E-state index contributed by atoms with van der Waals surface area (Å²) in [6.45, 7) is 2.01. The maximum Gasteiger partial charge on any atom is 0.338 e. The number of carboxylic acids is 1. The van der Waals surface area contributed by atoms with Crippen molar-refractivity contribution >= 4 is 17.1 Å². The Hall–Kier alpha value is -2.69. The van der Waals surface area contributed by atoms with Gasteiger partial charge in [0.1, 0.15) is 5.82 Å². The fraction of sp³-hybridized carbons (Fsp3) is 0.0714. The van der Waals surface area contributed by atoms with E-state index in [4.69, 9.17) is 5.11 Å². The molecule has 0 fully saturated rings. The first-order valence-electron chi connectivity index (χ1n) is 5.80. The predicted octanol–water partition coefficient (Wildman–Crippen LogP) is 2.63. The molecule has 2 heterocycles. The van der Waals surface area contributed by atoms with Crippen molar-refractivity contribution in [2.24, 2.45) is 0 Å². The molecule has 0 aliphatic carbocycles. The summed E-state index contributed by atoms with van der Waals surface area (Å²) < 4.78 is 0. The first-order chi connectivity index (χ1) is 9.15. The van der Waals surface area contributed by atoms with Crippen LogP contribution in [-0.4, -0.2) is 26.0 Å². The molecule has 0 bridgehead atoms. The zero-order chi connectivity index (χ0) is 13.4. The van der Waals surface area contributed by atoms with Gasteiger partial charge < -0.3 is 10.1 Å². The molecule has 0 amide bonds. The van der Waals surface area contributed by atoms with Crippen molar-refractivity contribution in [1.82, 2.24) is 15.0 Å². The number of aromatic carboxylic acids is 1. The Kier molecular flexibility index (Phi) is 2.52. The van der Waals surface area contributed by atoms with Crippen LogP contribution >= 0.6 is 0 Å². The summed E-state index contributed by atoms with van der Waals surface area (Å²) in [7, 11) is 0. The van der Waals surface area contributed by atoms with Crippen LogP contribution in [0, 0.1) is 6.92 Å². The van der Waals surface area contributed by atoms with Crippen LogP contribution in [0.3, 0.4) is 0 Å². The molecule has 0 unspecified atom stereocenters. The van der Waals surface area contributed by atoms with Gasteiger partial charge in [0, 0.05) is 11.8 Å². The summed E-state index contributed by atoms with van der Waals surface area (Å²) in [5.74, 6) is -0.372. The molecule has 19 heavy (non-hydrogen) atoms. The van der Waals surface area contributed by atoms with Crippen molar-refractivity contribution < 1.29 is 9.90 Å². The van der Waals surface area contributed by atoms with Crippen LogP contribution in [0.25, 0.3) is 22.6 Å². The lowest BCUT2D eigenvalue weighted by molar-refractivity contribution is 0.0699. The minimum Gasteiger partial charge on any atom is -0.478 e. The number of aryl methyl sites for hydroxylation is 1. The largest absolute Gasteiger partial charge is 0.478 e. The zero-order valence-electron chi connectivity index (χ0n) is 10.2. The van der Waals surface area contributed by atoms with Crippen molar-refractivity contribution in [2.75, 3.05) is 0 Å². The number of imidazole rings is 1. The van der Waals surface area contributed by atoms with Crippen molar-refractivity contribution in [3.8, 4) is 11.4 Å². The van der Waals surface area contributed by atoms with E-state index in [1.54, 1.807) is 0 Å². The fourth-order valence-corrected chi connectivity index (χ4v) is 1.94. The summed E-state index contributed by atoms with van der Waals surface area (Å²) in [5, 5.41) is 9.12. The van der Waals surface area contributed by atoms with Crippen molar-refractivity contribution in [2.45, 2.75) is 6.92 Å². The molecule has 94 valence electrons. The number of rotatable bonds is 2. The molecule has 0 atom stereocenters. The predicted molar refractivity (Wildman–Crippen MR) is 71.0 cm³/mol. The number of aromatic nitrogens is 3. The third kappa shape index (κ3) is 1.95. The van der Waals surface area contributed by atoms with E-state index in [2.05, 4.69) is 15.0 Å². The van der Waals surface area contributed by atoms with Gasteiger partial charge in [-0.05, 0) is 13.0 Å². The number of aromatic amines is 1. The van der Waals surface area contributed by atoms with Gasteiger partial charge in [0.25, 0.3) is 0 Å². The summed E-state index contributed by atoms with van der Waals surface area (Å²) in [6, 6.07) is 9.30. The standard InChI is InChI=1S/C14H11N3O2/c1-8-2-4-9(5-3-8)12-16-11-10(14(18)19)6-7-15-13(11)17-12/h2-7H,1H3,(H,18,19)(H,15,16,17). The monoisotopic (exact) mass is 253 g/mol. The van der Waals surface area contributed by atoms with E-state index in [0.717, 1.165) is 11.1 Å². The Balaban J connectivity index is 2.19. The van der Waals surface area contributed by atoms with E-state index in [9.17, 15) is 4.79 Å². The molecule has 2 N–H and O–H groups in total. The Bertz CT molecular complexity index is 760. The van der Waals surface area contributed by atoms with Crippen LogP contribution in [-0.2, 0) is 0 Å². The van der Waals surface area contributed by atoms with Crippen molar-refractivity contribution in [3.05, 3.63) is 47.7 Å². The van der Waals surface area contributed by atoms with Gasteiger partial charge in [0.15, 0.2) is 5.65 Å². The van der Waals surface area contributed by atoms with E-state index in [1.165, 1.54) is 12.3 Å². The Morgan fingerprint density at radius 1 is 1.21 bits per heavy atom. The number of carbonyl (C=O) groups is 1. The van der Waals surface area contributed by atoms with Crippen LogP contribution in [0.4, 0.5) is 0 Å². The van der Waals surface area contributed by atoms with E-state index < -0.39 is 5.97 Å². The van der Waals surface area contributed by atoms with Gasteiger partial charge in [-0.3, -0.25) is 0 Å². The molecule has 0 spiro atoms. The van der Waals surface area contributed by atoms with Crippen LogP contribution in [0.1, 0.15) is 15.9 Å². The minimum absolute atomic E-state index is 0.177. The van der Waals surface area contributed by atoms with Crippen molar-refractivity contribution in [3.63, 3.8) is 0 Å². The van der Waals surface area contributed by atoms with Gasteiger partial charge >= 0.3 is 5.97 Å². The number of fused-ring (bicyclic) bond motifs is 1. The summed E-state index contributed by atoms with van der Waals surface area (Å²) in [4.78, 5) is 22.6. The number of nitrogens with one attached hydrogen (secondary N) is 1. The van der Waals surface area contributed by atoms with Gasteiger partial charge in [-0.1, -0.05) is 29.8 Å². The van der Waals surface area contributed by atoms with E-state index in [0.29, 0.717) is 17.0 Å². The Labute approximate surface area is 109 Å². The number of H-pyrrole nitrogens is 1. The number of carboxylic acid groups (broad SMARTS) is 1. The topological polar surface area (TPSA) is 78.9 Å². The van der Waals surface area contributed by atoms with Gasteiger partial charge in [-0.15, -0.1) is 0 Å². The average Bonchev–Trinajstić information content (AvgIpc) is 2.82. The Morgan fingerprint density at radius 2 is 1.95 bits per heavy atom. The lowest BCUT2D eigenvalue weighted by Crippen LogP contribution is -1.97. The average molecular weight is 253 g/mol. The SMILES string of the molecule is Cc1ccc(-c2nc3nccc(C(=O)O)c3[nH]2)cc1. The second kappa shape index (κ2) is 4.20. The molecule has 0 aliphatic heterocycles. The highest BCUT2D eigenvalue weighted by molar-refractivity contribution is 6.00. The van der Waals surface area contributed by atoms with E-state index in [1.807, 2.05) is 31.2 Å². The molecular weight excluding hydrogens is 242 g/mol. The second-order valence-electron chi connectivity index (χ2n) is 4.31. The number of hydrogen-bond donors (Lipinski definition) is 2. The Morgan fingerprint density at radius 3 is 2.63 bits per heavy atom. The third-order valence-electron chi connectivity index (χ3n) is 2.95. The first kappa shape index (κ1) is 11.4. The molecule has 3 aromatic rings. The van der Waals surface area contributed by atoms with Crippen LogP contribution in [0.2, 0.25) is 0 Å². The number of pyridine rings is 1.